The van der Waals surface area contributed by atoms with Gasteiger partial charge in [0.15, 0.2) is 11.5 Å². The molecule has 4 aromatic rings. The fourth-order valence-corrected chi connectivity index (χ4v) is 3.66. The Morgan fingerprint density at radius 2 is 1.78 bits per heavy atom. The van der Waals surface area contributed by atoms with Crippen molar-refractivity contribution in [3.05, 3.63) is 70.9 Å². The predicted molar refractivity (Wildman–Crippen MR) is 124 cm³/mol. The van der Waals surface area contributed by atoms with Crippen LogP contribution >= 0.6 is 0 Å². The maximum Gasteiger partial charge on any atom is 0.230 e. The van der Waals surface area contributed by atoms with E-state index in [4.69, 9.17) is 21.2 Å². The van der Waals surface area contributed by atoms with Crippen LogP contribution in [0.3, 0.4) is 0 Å². The minimum absolute atomic E-state index is 0.218. The molecule has 0 atom stereocenters. The van der Waals surface area contributed by atoms with Crippen molar-refractivity contribution in [3.63, 3.8) is 0 Å². The molecule has 154 valence electrons. The first-order valence-corrected chi connectivity index (χ1v) is 9.75. The van der Waals surface area contributed by atoms with E-state index in [0.717, 1.165) is 33.2 Å². The largest absolute Gasteiger partial charge is 0.383 e. The molecule has 8 heteroatoms. The SMILES string of the molecule is Cc1cc(/C=C/C#N)cc(C)c1-c1cccc2c(N)nc(Nc3ccc(C#N)nn3)nc12. The van der Waals surface area contributed by atoms with E-state index in [2.05, 4.69) is 20.5 Å². The Morgan fingerprint density at radius 1 is 1.00 bits per heavy atom. The van der Waals surface area contributed by atoms with E-state index in [1.807, 2.05) is 56.3 Å². The maximum atomic E-state index is 8.88. The molecule has 8 nitrogen and oxygen atoms in total. The van der Waals surface area contributed by atoms with Crippen molar-refractivity contribution in [1.82, 2.24) is 20.2 Å². The molecular weight excluding hydrogens is 400 g/mol. The second-order valence-electron chi connectivity index (χ2n) is 7.17. The molecule has 2 aromatic heterocycles. The number of para-hydroxylation sites is 1. The Hall–Kier alpha value is -4.82. The molecule has 0 saturated heterocycles. The Morgan fingerprint density at radius 3 is 2.44 bits per heavy atom. The first-order chi connectivity index (χ1) is 15.5. The monoisotopic (exact) mass is 418 g/mol. The Labute approximate surface area is 184 Å². The third kappa shape index (κ3) is 3.93. The number of nitrogens with two attached hydrogens (primary N) is 1. The number of aromatic nitrogens is 4. The van der Waals surface area contributed by atoms with Crippen molar-refractivity contribution < 1.29 is 0 Å². The van der Waals surface area contributed by atoms with Gasteiger partial charge in [0.2, 0.25) is 5.95 Å². The van der Waals surface area contributed by atoms with Gasteiger partial charge in [-0.1, -0.05) is 24.3 Å². The molecule has 0 amide bonds. The van der Waals surface area contributed by atoms with Crippen molar-refractivity contribution in [1.29, 1.82) is 10.5 Å². The van der Waals surface area contributed by atoms with Crippen LogP contribution in [0.4, 0.5) is 17.6 Å². The Bertz CT molecular complexity index is 1420. The fourth-order valence-electron chi connectivity index (χ4n) is 3.66. The zero-order valence-electron chi connectivity index (χ0n) is 17.5. The number of nitrogen functional groups attached to an aromatic ring is 1. The van der Waals surface area contributed by atoms with E-state index in [1.165, 1.54) is 6.08 Å². The van der Waals surface area contributed by atoms with Crippen molar-refractivity contribution in [2.75, 3.05) is 11.1 Å². The number of allylic oxidation sites excluding steroid dienone is 1. The summed E-state index contributed by atoms with van der Waals surface area (Å²) >= 11 is 0. The molecule has 0 spiro atoms. The van der Waals surface area contributed by atoms with Crippen LogP contribution < -0.4 is 11.1 Å². The van der Waals surface area contributed by atoms with E-state index in [0.29, 0.717) is 17.2 Å². The van der Waals surface area contributed by atoms with Crippen LogP contribution in [0.5, 0.6) is 0 Å². The molecule has 4 rings (SSSR count). The first-order valence-electron chi connectivity index (χ1n) is 9.75. The second-order valence-corrected chi connectivity index (χ2v) is 7.17. The van der Waals surface area contributed by atoms with Crippen molar-refractivity contribution in [2.24, 2.45) is 0 Å². The quantitative estimate of drug-likeness (QED) is 0.464. The number of fused-ring (bicyclic) bond motifs is 1. The highest BCUT2D eigenvalue weighted by Crippen LogP contribution is 2.35. The van der Waals surface area contributed by atoms with Crippen molar-refractivity contribution in [2.45, 2.75) is 13.8 Å². The normalized spacial score (nSPS) is 10.8. The van der Waals surface area contributed by atoms with Crippen molar-refractivity contribution in [3.8, 4) is 23.3 Å². The predicted octanol–water partition coefficient (Wildman–Crippen LogP) is 4.44. The summed E-state index contributed by atoms with van der Waals surface area (Å²) in [5.41, 5.74) is 12.2. The van der Waals surface area contributed by atoms with Gasteiger partial charge in [0.05, 0.1) is 11.6 Å². The van der Waals surface area contributed by atoms with Gasteiger partial charge in [-0.3, -0.25) is 0 Å². The third-order valence-electron chi connectivity index (χ3n) is 4.95. The summed E-state index contributed by atoms with van der Waals surface area (Å²) in [7, 11) is 0. The molecule has 2 heterocycles. The van der Waals surface area contributed by atoms with Gasteiger partial charge in [0.25, 0.3) is 0 Å². The molecule has 0 aliphatic carbocycles. The summed E-state index contributed by atoms with van der Waals surface area (Å²) in [6, 6.07) is 17.0. The highest BCUT2D eigenvalue weighted by atomic mass is 15.2. The van der Waals surface area contributed by atoms with Gasteiger partial charge in [-0.05, 0) is 60.4 Å². The van der Waals surface area contributed by atoms with Gasteiger partial charge in [0, 0.05) is 17.0 Å². The summed E-state index contributed by atoms with van der Waals surface area (Å²) in [4.78, 5) is 9.06. The van der Waals surface area contributed by atoms with Crippen LogP contribution in [0.2, 0.25) is 0 Å². The number of aryl methyl sites for hydroxylation is 2. The number of hydrogen-bond acceptors (Lipinski definition) is 8. The summed E-state index contributed by atoms with van der Waals surface area (Å²) < 4.78 is 0. The summed E-state index contributed by atoms with van der Waals surface area (Å²) in [6.07, 6.45) is 3.25. The molecule has 2 aromatic carbocycles. The topological polar surface area (TPSA) is 137 Å². The summed E-state index contributed by atoms with van der Waals surface area (Å²) in [5.74, 6) is 1.02. The number of nitrogens with one attached hydrogen (secondary N) is 1. The number of nitrogens with zero attached hydrogens (tertiary/aromatic N) is 6. The Balaban J connectivity index is 1.83. The lowest BCUT2D eigenvalue weighted by Crippen LogP contribution is -2.04. The molecule has 0 saturated carbocycles. The van der Waals surface area contributed by atoms with E-state index in [-0.39, 0.29) is 11.6 Å². The zero-order chi connectivity index (χ0) is 22.7. The minimum atomic E-state index is 0.218. The standard InChI is InChI=1S/C24H18N8/c1-14-11-16(5-4-10-25)12-15(2)21(14)18-6-3-7-19-22(18)29-24(30-23(19)27)28-20-9-8-17(13-26)31-32-20/h3-9,11-12H,1-2H3,(H3,27,28,29,30,32)/b5-4+. The van der Waals surface area contributed by atoms with Gasteiger partial charge < -0.3 is 11.1 Å². The van der Waals surface area contributed by atoms with E-state index < -0.39 is 0 Å². The molecule has 0 aliphatic rings. The lowest BCUT2D eigenvalue weighted by molar-refractivity contribution is 1.01. The van der Waals surface area contributed by atoms with Crippen LogP contribution in [0.1, 0.15) is 22.4 Å². The van der Waals surface area contributed by atoms with E-state index in [9.17, 15) is 0 Å². The van der Waals surface area contributed by atoms with Crippen molar-refractivity contribution >= 4 is 34.6 Å². The lowest BCUT2D eigenvalue weighted by atomic mass is 9.92. The smallest absolute Gasteiger partial charge is 0.230 e. The highest BCUT2D eigenvalue weighted by Gasteiger charge is 2.15. The molecular formula is C24H18N8. The number of hydrogen-bond donors (Lipinski definition) is 2. The van der Waals surface area contributed by atoms with Gasteiger partial charge in [0.1, 0.15) is 11.9 Å². The molecule has 32 heavy (non-hydrogen) atoms. The van der Waals surface area contributed by atoms with Crippen LogP contribution in [0, 0.1) is 36.5 Å². The highest BCUT2D eigenvalue weighted by molar-refractivity contribution is 6.00. The minimum Gasteiger partial charge on any atom is -0.383 e. The molecule has 3 N–H and O–H groups in total. The molecule has 0 unspecified atom stereocenters. The maximum absolute atomic E-state index is 8.88. The van der Waals surface area contributed by atoms with Gasteiger partial charge >= 0.3 is 0 Å². The lowest BCUT2D eigenvalue weighted by Gasteiger charge is -2.15. The number of rotatable bonds is 4. The first kappa shape index (κ1) is 20.5. The summed E-state index contributed by atoms with van der Waals surface area (Å²) in [6.45, 7) is 4.06. The second kappa shape index (κ2) is 8.50. The number of benzene rings is 2. The third-order valence-corrected chi connectivity index (χ3v) is 4.95. The average molecular weight is 418 g/mol. The molecule has 0 aliphatic heterocycles. The molecule has 0 fully saturated rings. The van der Waals surface area contributed by atoms with Crippen LogP contribution in [-0.2, 0) is 0 Å². The van der Waals surface area contributed by atoms with Gasteiger partial charge in [-0.2, -0.15) is 15.5 Å². The van der Waals surface area contributed by atoms with Gasteiger partial charge in [-0.25, -0.2) is 4.98 Å². The summed E-state index contributed by atoms with van der Waals surface area (Å²) in [5, 5.41) is 29.2. The molecule has 0 bridgehead atoms. The molecule has 0 radical (unpaired) electrons. The number of anilines is 3. The van der Waals surface area contributed by atoms with Crippen LogP contribution in [0.25, 0.3) is 28.1 Å². The van der Waals surface area contributed by atoms with Gasteiger partial charge in [-0.15, -0.1) is 10.2 Å². The number of nitriles is 2. The zero-order valence-corrected chi connectivity index (χ0v) is 17.5. The van der Waals surface area contributed by atoms with E-state index >= 15 is 0 Å². The van der Waals surface area contributed by atoms with Crippen LogP contribution in [0.15, 0.2) is 48.5 Å². The van der Waals surface area contributed by atoms with E-state index in [1.54, 1.807) is 18.2 Å². The Kier molecular flexibility index (Phi) is 5.44. The van der Waals surface area contributed by atoms with Crippen LogP contribution in [-0.4, -0.2) is 20.2 Å². The fraction of sp³-hybridized carbons (Fsp3) is 0.0833. The average Bonchev–Trinajstić information content (AvgIpc) is 2.78.